The van der Waals surface area contributed by atoms with Gasteiger partial charge in [0, 0.05) is 42.2 Å². The predicted molar refractivity (Wildman–Crippen MR) is 87.5 cm³/mol. The minimum Gasteiger partial charge on any atom is -0.337 e. The molecule has 0 aliphatic rings. The number of rotatable bonds is 5. The number of carbonyl (C=O) groups excluding carboxylic acids is 1. The lowest BCUT2D eigenvalue weighted by Gasteiger charge is -2.11. The molecule has 0 unspecified atom stereocenters. The van der Waals surface area contributed by atoms with E-state index in [0.29, 0.717) is 29.8 Å². The third-order valence-corrected chi connectivity index (χ3v) is 3.38. The third-order valence-electron chi connectivity index (χ3n) is 3.38. The Morgan fingerprint density at radius 3 is 2.70 bits per heavy atom. The quantitative estimate of drug-likeness (QED) is 0.655. The Bertz CT molecular complexity index is 717. The van der Waals surface area contributed by atoms with Crippen LogP contribution in [0.3, 0.4) is 0 Å². The van der Waals surface area contributed by atoms with Gasteiger partial charge in [-0.25, -0.2) is 4.79 Å². The average molecular weight is 314 g/mol. The van der Waals surface area contributed by atoms with Crippen LogP contribution in [0.25, 0.3) is 0 Å². The molecular formula is C16H18N4O3. The molecule has 2 rings (SSSR count). The molecule has 2 N–H and O–H groups in total. The highest BCUT2D eigenvalue weighted by molar-refractivity contribution is 5.90. The van der Waals surface area contributed by atoms with Crippen molar-refractivity contribution >= 4 is 17.4 Å². The number of hydrogen-bond acceptors (Lipinski definition) is 4. The van der Waals surface area contributed by atoms with Crippen LogP contribution in [-0.4, -0.2) is 22.5 Å². The summed E-state index contributed by atoms with van der Waals surface area (Å²) < 4.78 is 0. The van der Waals surface area contributed by atoms with Crippen LogP contribution in [-0.2, 0) is 6.42 Å². The monoisotopic (exact) mass is 314 g/mol. The van der Waals surface area contributed by atoms with Crippen molar-refractivity contribution in [2.24, 2.45) is 0 Å². The number of pyridine rings is 1. The molecule has 0 saturated carbocycles. The van der Waals surface area contributed by atoms with Gasteiger partial charge in [-0.3, -0.25) is 15.1 Å². The highest BCUT2D eigenvalue weighted by atomic mass is 16.6. The van der Waals surface area contributed by atoms with Gasteiger partial charge >= 0.3 is 6.03 Å². The summed E-state index contributed by atoms with van der Waals surface area (Å²) in [5.74, 6) is 0. The molecule has 0 bridgehead atoms. The topological polar surface area (TPSA) is 97.2 Å². The highest BCUT2D eigenvalue weighted by Crippen LogP contribution is 2.25. The summed E-state index contributed by atoms with van der Waals surface area (Å²) in [6.45, 7) is 3.81. The van der Waals surface area contributed by atoms with Crippen LogP contribution in [0.2, 0.25) is 0 Å². The number of benzene rings is 1. The number of nitrogens with one attached hydrogen (secondary N) is 2. The number of nitrogens with zero attached hydrogens (tertiary/aromatic N) is 2. The van der Waals surface area contributed by atoms with E-state index in [2.05, 4.69) is 15.6 Å². The summed E-state index contributed by atoms with van der Waals surface area (Å²) in [5.41, 5.74) is 2.65. The van der Waals surface area contributed by atoms with Crippen LogP contribution in [0.1, 0.15) is 16.8 Å². The van der Waals surface area contributed by atoms with E-state index in [1.807, 2.05) is 18.2 Å². The molecule has 7 nitrogen and oxygen atoms in total. The van der Waals surface area contributed by atoms with E-state index in [4.69, 9.17) is 0 Å². The Balaban J connectivity index is 1.92. The fraction of sp³-hybridized carbons (Fsp3) is 0.250. The second-order valence-corrected chi connectivity index (χ2v) is 5.16. The zero-order valence-corrected chi connectivity index (χ0v) is 13.0. The number of aryl methyl sites for hydroxylation is 2. The van der Waals surface area contributed by atoms with Crippen LogP contribution in [0.15, 0.2) is 36.5 Å². The van der Waals surface area contributed by atoms with Gasteiger partial charge < -0.3 is 10.6 Å². The fourth-order valence-corrected chi connectivity index (χ4v) is 2.15. The van der Waals surface area contributed by atoms with E-state index in [9.17, 15) is 14.9 Å². The van der Waals surface area contributed by atoms with E-state index < -0.39 is 4.92 Å². The summed E-state index contributed by atoms with van der Waals surface area (Å²) in [6.07, 6.45) is 2.34. The first-order valence-corrected chi connectivity index (χ1v) is 7.18. The van der Waals surface area contributed by atoms with Crippen LogP contribution in [0.4, 0.5) is 16.2 Å². The normalized spacial score (nSPS) is 10.2. The molecule has 0 atom stereocenters. The molecule has 0 fully saturated rings. The Morgan fingerprint density at radius 1 is 1.26 bits per heavy atom. The van der Waals surface area contributed by atoms with Crippen LogP contribution in [0.5, 0.6) is 0 Å². The molecule has 0 spiro atoms. The maximum Gasteiger partial charge on any atom is 0.319 e. The molecule has 1 aromatic carbocycles. The van der Waals surface area contributed by atoms with Crippen molar-refractivity contribution in [3.63, 3.8) is 0 Å². The average Bonchev–Trinajstić information content (AvgIpc) is 2.51. The van der Waals surface area contributed by atoms with Gasteiger partial charge in [0.15, 0.2) is 0 Å². The number of nitro benzene ring substituents is 1. The number of carbonyl (C=O) groups is 1. The molecule has 0 aliphatic heterocycles. The van der Waals surface area contributed by atoms with Gasteiger partial charge in [-0.05, 0) is 37.6 Å². The summed E-state index contributed by atoms with van der Waals surface area (Å²) in [5, 5.41) is 16.3. The molecule has 0 saturated heterocycles. The van der Waals surface area contributed by atoms with Crippen molar-refractivity contribution in [2.75, 3.05) is 11.9 Å². The van der Waals surface area contributed by atoms with Crippen molar-refractivity contribution in [2.45, 2.75) is 20.3 Å². The first kappa shape index (κ1) is 16.4. The van der Waals surface area contributed by atoms with E-state index >= 15 is 0 Å². The smallest absolute Gasteiger partial charge is 0.319 e. The summed E-state index contributed by atoms with van der Waals surface area (Å²) in [6, 6.07) is 8.33. The molecule has 1 aromatic heterocycles. The van der Waals surface area contributed by atoms with Crippen molar-refractivity contribution < 1.29 is 9.72 Å². The second-order valence-electron chi connectivity index (χ2n) is 5.16. The zero-order chi connectivity index (χ0) is 16.8. The molecular weight excluding hydrogens is 296 g/mol. The van der Waals surface area contributed by atoms with E-state index in [-0.39, 0.29) is 11.7 Å². The molecule has 2 aromatic rings. The van der Waals surface area contributed by atoms with Gasteiger partial charge in [-0.15, -0.1) is 0 Å². The lowest BCUT2D eigenvalue weighted by molar-refractivity contribution is -0.385. The van der Waals surface area contributed by atoms with E-state index in [1.165, 1.54) is 6.07 Å². The maximum absolute atomic E-state index is 11.9. The van der Waals surface area contributed by atoms with Gasteiger partial charge in [0.1, 0.15) is 0 Å². The standard InChI is InChI=1S/C16H18N4O3/c1-11-10-15(20(22)23)12(2)9-14(11)19-16(21)18-8-6-13-5-3-4-7-17-13/h3-5,7,9-10H,6,8H2,1-2H3,(H2,18,19,21). The summed E-state index contributed by atoms with van der Waals surface area (Å²) in [4.78, 5) is 26.5. The van der Waals surface area contributed by atoms with Crippen molar-refractivity contribution in [3.05, 3.63) is 63.5 Å². The maximum atomic E-state index is 11.9. The Labute approximate surface area is 133 Å². The number of hydrogen-bond donors (Lipinski definition) is 2. The SMILES string of the molecule is Cc1cc([N+](=O)[O-])c(C)cc1NC(=O)NCCc1ccccn1. The molecule has 23 heavy (non-hydrogen) atoms. The Hall–Kier alpha value is -2.96. The van der Waals surface area contributed by atoms with Crippen molar-refractivity contribution in [3.8, 4) is 0 Å². The molecule has 1 heterocycles. The number of urea groups is 1. The first-order chi connectivity index (χ1) is 11.0. The van der Waals surface area contributed by atoms with Crippen LogP contribution >= 0.6 is 0 Å². The lowest BCUT2D eigenvalue weighted by atomic mass is 10.1. The number of nitro groups is 1. The van der Waals surface area contributed by atoms with E-state index in [1.54, 1.807) is 26.1 Å². The van der Waals surface area contributed by atoms with Gasteiger partial charge in [0.05, 0.1) is 4.92 Å². The van der Waals surface area contributed by atoms with Gasteiger partial charge in [-0.2, -0.15) is 0 Å². The molecule has 7 heteroatoms. The zero-order valence-electron chi connectivity index (χ0n) is 13.0. The lowest BCUT2D eigenvalue weighted by Crippen LogP contribution is -2.30. The van der Waals surface area contributed by atoms with Gasteiger partial charge in [-0.1, -0.05) is 6.07 Å². The molecule has 120 valence electrons. The summed E-state index contributed by atoms with van der Waals surface area (Å²) >= 11 is 0. The minimum absolute atomic E-state index is 0.0450. The largest absolute Gasteiger partial charge is 0.337 e. The fourth-order valence-electron chi connectivity index (χ4n) is 2.15. The van der Waals surface area contributed by atoms with Crippen molar-refractivity contribution in [1.29, 1.82) is 0 Å². The third kappa shape index (κ3) is 4.50. The Kier molecular flexibility index (Phi) is 5.24. The number of anilines is 1. The molecule has 0 aliphatic carbocycles. The molecule has 0 radical (unpaired) electrons. The van der Waals surface area contributed by atoms with Gasteiger partial charge in [0.2, 0.25) is 0 Å². The Morgan fingerprint density at radius 2 is 2.04 bits per heavy atom. The first-order valence-electron chi connectivity index (χ1n) is 7.18. The number of aromatic nitrogens is 1. The number of amides is 2. The minimum atomic E-state index is -0.432. The van der Waals surface area contributed by atoms with Crippen LogP contribution in [0, 0.1) is 24.0 Å². The molecule has 2 amide bonds. The van der Waals surface area contributed by atoms with E-state index in [0.717, 1.165) is 5.69 Å². The van der Waals surface area contributed by atoms with Crippen molar-refractivity contribution in [1.82, 2.24) is 10.3 Å². The second kappa shape index (κ2) is 7.35. The summed E-state index contributed by atoms with van der Waals surface area (Å²) in [7, 11) is 0. The van der Waals surface area contributed by atoms with Gasteiger partial charge in [0.25, 0.3) is 5.69 Å². The van der Waals surface area contributed by atoms with Crippen LogP contribution < -0.4 is 10.6 Å². The highest BCUT2D eigenvalue weighted by Gasteiger charge is 2.14. The predicted octanol–water partition coefficient (Wildman–Crippen LogP) is 2.97.